The second-order valence-corrected chi connectivity index (χ2v) is 4.70. The van der Waals surface area contributed by atoms with Crippen LogP contribution in [0.25, 0.3) is 0 Å². The monoisotopic (exact) mass is 219 g/mol. The van der Waals surface area contributed by atoms with Gasteiger partial charge >= 0.3 is 0 Å². The van der Waals surface area contributed by atoms with Gasteiger partial charge in [0.1, 0.15) is 0 Å². The molecule has 0 radical (unpaired) electrons. The summed E-state index contributed by atoms with van der Waals surface area (Å²) >= 11 is 0. The zero-order valence-electron chi connectivity index (χ0n) is 10.8. The number of hydrogen-bond donors (Lipinski definition) is 0. The molecule has 0 fully saturated rings. The molecule has 1 atom stereocenters. The van der Waals surface area contributed by atoms with E-state index in [4.69, 9.17) is 0 Å². The standard InChI is InChI=1S/C15H25N/c1-3-5-8-14(7-4-2)10-11-15-9-6-12-16-13-15/h6,9,12-14H,3-5,7-8,10-11H2,1-2H3. The first-order valence-electron chi connectivity index (χ1n) is 6.75. The van der Waals surface area contributed by atoms with Crippen LogP contribution < -0.4 is 0 Å². The largest absolute Gasteiger partial charge is 0.264 e. The maximum atomic E-state index is 4.17. The van der Waals surface area contributed by atoms with Crippen LogP contribution in [0.4, 0.5) is 0 Å². The third-order valence-corrected chi connectivity index (χ3v) is 3.23. The fourth-order valence-electron chi connectivity index (χ4n) is 2.25. The molecule has 1 heterocycles. The van der Waals surface area contributed by atoms with Gasteiger partial charge in [0.2, 0.25) is 0 Å². The van der Waals surface area contributed by atoms with Crippen molar-refractivity contribution in [3.8, 4) is 0 Å². The maximum Gasteiger partial charge on any atom is 0.0299 e. The van der Waals surface area contributed by atoms with E-state index in [1.807, 2.05) is 18.5 Å². The Hall–Kier alpha value is -0.850. The van der Waals surface area contributed by atoms with Gasteiger partial charge in [-0.25, -0.2) is 0 Å². The van der Waals surface area contributed by atoms with E-state index in [0.717, 1.165) is 5.92 Å². The van der Waals surface area contributed by atoms with E-state index in [1.54, 1.807) is 0 Å². The number of pyridine rings is 1. The summed E-state index contributed by atoms with van der Waals surface area (Å²) in [6, 6.07) is 4.23. The van der Waals surface area contributed by atoms with Crippen molar-refractivity contribution in [2.24, 2.45) is 5.92 Å². The summed E-state index contributed by atoms with van der Waals surface area (Å²) in [4.78, 5) is 4.17. The lowest BCUT2D eigenvalue weighted by atomic mass is 9.91. The molecule has 0 bridgehead atoms. The summed E-state index contributed by atoms with van der Waals surface area (Å²) in [7, 11) is 0. The minimum absolute atomic E-state index is 0.921. The fraction of sp³-hybridized carbons (Fsp3) is 0.667. The van der Waals surface area contributed by atoms with Gasteiger partial charge in [0.15, 0.2) is 0 Å². The van der Waals surface area contributed by atoms with Crippen molar-refractivity contribution < 1.29 is 0 Å². The number of aryl methyl sites for hydroxylation is 1. The molecule has 0 amide bonds. The minimum Gasteiger partial charge on any atom is -0.264 e. The van der Waals surface area contributed by atoms with Crippen molar-refractivity contribution in [1.29, 1.82) is 0 Å². The molecule has 90 valence electrons. The Morgan fingerprint density at radius 1 is 1.12 bits per heavy atom. The molecule has 1 aromatic rings. The third-order valence-electron chi connectivity index (χ3n) is 3.23. The smallest absolute Gasteiger partial charge is 0.0299 e. The van der Waals surface area contributed by atoms with Crippen molar-refractivity contribution in [3.63, 3.8) is 0 Å². The van der Waals surface area contributed by atoms with E-state index in [1.165, 1.54) is 50.5 Å². The predicted octanol–water partition coefficient (Wildman–Crippen LogP) is 4.62. The van der Waals surface area contributed by atoms with Gasteiger partial charge in [-0.2, -0.15) is 0 Å². The Bertz CT molecular complexity index is 255. The van der Waals surface area contributed by atoms with Crippen molar-refractivity contribution in [2.75, 3.05) is 0 Å². The average molecular weight is 219 g/mol. The van der Waals surface area contributed by atoms with Crippen LogP contribution in [0.15, 0.2) is 24.5 Å². The van der Waals surface area contributed by atoms with E-state index in [9.17, 15) is 0 Å². The van der Waals surface area contributed by atoms with Crippen LogP contribution in [0.1, 0.15) is 57.9 Å². The molecule has 1 aromatic heterocycles. The predicted molar refractivity (Wildman–Crippen MR) is 70.5 cm³/mol. The highest BCUT2D eigenvalue weighted by molar-refractivity contribution is 5.08. The van der Waals surface area contributed by atoms with Gasteiger partial charge in [0.25, 0.3) is 0 Å². The molecule has 1 unspecified atom stereocenters. The zero-order valence-corrected chi connectivity index (χ0v) is 10.8. The minimum atomic E-state index is 0.921. The van der Waals surface area contributed by atoms with E-state index in [-0.39, 0.29) is 0 Å². The quantitative estimate of drug-likeness (QED) is 0.621. The van der Waals surface area contributed by atoms with E-state index in [2.05, 4.69) is 24.9 Å². The van der Waals surface area contributed by atoms with Gasteiger partial charge in [0, 0.05) is 12.4 Å². The summed E-state index contributed by atoms with van der Waals surface area (Å²) in [5, 5.41) is 0. The fourth-order valence-corrected chi connectivity index (χ4v) is 2.25. The van der Waals surface area contributed by atoms with E-state index >= 15 is 0 Å². The van der Waals surface area contributed by atoms with Gasteiger partial charge < -0.3 is 0 Å². The van der Waals surface area contributed by atoms with E-state index in [0.29, 0.717) is 0 Å². The first kappa shape index (κ1) is 13.2. The molecular weight excluding hydrogens is 194 g/mol. The van der Waals surface area contributed by atoms with Gasteiger partial charge in [-0.15, -0.1) is 0 Å². The second-order valence-electron chi connectivity index (χ2n) is 4.70. The van der Waals surface area contributed by atoms with Crippen molar-refractivity contribution >= 4 is 0 Å². The zero-order chi connectivity index (χ0) is 11.6. The highest BCUT2D eigenvalue weighted by Crippen LogP contribution is 2.20. The Morgan fingerprint density at radius 3 is 2.62 bits per heavy atom. The molecule has 0 N–H and O–H groups in total. The Balaban J connectivity index is 2.31. The van der Waals surface area contributed by atoms with Crippen LogP contribution in [0, 0.1) is 5.92 Å². The first-order valence-corrected chi connectivity index (χ1v) is 6.75. The lowest BCUT2D eigenvalue weighted by Crippen LogP contribution is -2.02. The Morgan fingerprint density at radius 2 is 2.00 bits per heavy atom. The molecule has 16 heavy (non-hydrogen) atoms. The van der Waals surface area contributed by atoms with Gasteiger partial charge in [-0.1, -0.05) is 52.0 Å². The average Bonchev–Trinajstić information content (AvgIpc) is 2.34. The van der Waals surface area contributed by atoms with Crippen LogP contribution >= 0.6 is 0 Å². The second kappa shape index (κ2) is 8.32. The van der Waals surface area contributed by atoms with E-state index < -0.39 is 0 Å². The summed E-state index contributed by atoms with van der Waals surface area (Å²) < 4.78 is 0. The van der Waals surface area contributed by atoms with Crippen LogP contribution in [0.3, 0.4) is 0 Å². The Labute approximate surface area is 100 Å². The number of nitrogens with zero attached hydrogens (tertiary/aromatic N) is 1. The molecule has 0 aliphatic heterocycles. The molecule has 0 spiro atoms. The summed E-state index contributed by atoms with van der Waals surface area (Å²) in [5.74, 6) is 0.921. The number of unbranched alkanes of at least 4 members (excludes halogenated alkanes) is 1. The molecule has 0 saturated carbocycles. The van der Waals surface area contributed by atoms with Crippen molar-refractivity contribution in [3.05, 3.63) is 30.1 Å². The molecule has 1 heteroatoms. The lowest BCUT2D eigenvalue weighted by Gasteiger charge is -2.15. The number of rotatable bonds is 8. The van der Waals surface area contributed by atoms with Crippen molar-refractivity contribution in [1.82, 2.24) is 4.98 Å². The summed E-state index contributed by atoms with van der Waals surface area (Å²) in [5.41, 5.74) is 1.39. The van der Waals surface area contributed by atoms with Crippen LogP contribution in [-0.4, -0.2) is 4.98 Å². The highest BCUT2D eigenvalue weighted by Gasteiger charge is 2.07. The number of aromatic nitrogens is 1. The summed E-state index contributed by atoms with van der Waals surface area (Å²) in [6.07, 6.45) is 13.2. The Kier molecular flexibility index (Phi) is 6.87. The third kappa shape index (κ3) is 5.29. The van der Waals surface area contributed by atoms with Gasteiger partial charge in [-0.05, 0) is 30.4 Å². The SMILES string of the molecule is CCCCC(CCC)CCc1cccnc1. The summed E-state index contributed by atoms with van der Waals surface area (Å²) in [6.45, 7) is 4.58. The number of hydrogen-bond acceptors (Lipinski definition) is 1. The lowest BCUT2D eigenvalue weighted by molar-refractivity contribution is 0.402. The molecule has 1 nitrogen and oxygen atoms in total. The maximum absolute atomic E-state index is 4.17. The molecule has 0 saturated heterocycles. The normalized spacial score (nSPS) is 12.6. The molecular formula is C15H25N. The van der Waals surface area contributed by atoms with Gasteiger partial charge in [0.05, 0.1) is 0 Å². The first-order chi connectivity index (χ1) is 7.86. The van der Waals surface area contributed by atoms with Crippen LogP contribution in [0.2, 0.25) is 0 Å². The van der Waals surface area contributed by atoms with Crippen LogP contribution in [0.5, 0.6) is 0 Å². The highest BCUT2D eigenvalue weighted by atomic mass is 14.6. The van der Waals surface area contributed by atoms with Crippen LogP contribution in [-0.2, 0) is 6.42 Å². The van der Waals surface area contributed by atoms with Gasteiger partial charge in [-0.3, -0.25) is 4.98 Å². The topological polar surface area (TPSA) is 12.9 Å². The molecule has 0 aliphatic carbocycles. The molecule has 0 aromatic carbocycles. The molecule has 1 rings (SSSR count). The van der Waals surface area contributed by atoms with Crippen molar-refractivity contribution in [2.45, 2.75) is 58.8 Å². The molecule has 0 aliphatic rings.